The number of benzene rings is 2. The highest BCUT2D eigenvalue weighted by atomic mass is 32.2. The zero-order chi connectivity index (χ0) is 20.8. The summed E-state index contributed by atoms with van der Waals surface area (Å²) in [5.41, 5.74) is 2.10. The summed E-state index contributed by atoms with van der Waals surface area (Å²) in [6.45, 7) is 7.65. The summed E-state index contributed by atoms with van der Waals surface area (Å²) in [7, 11) is 0. The number of thioether (sulfide) groups is 1. The van der Waals surface area contributed by atoms with Crippen molar-refractivity contribution in [2.75, 3.05) is 5.32 Å². The van der Waals surface area contributed by atoms with Crippen LogP contribution in [-0.2, 0) is 11.3 Å². The second-order valence-electron chi connectivity index (χ2n) is 6.46. The maximum Gasteiger partial charge on any atom is 0.237 e. The van der Waals surface area contributed by atoms with Crippen LogP contribution in [0.1, 0.15) is 24.2 Å². The van der Waals surface area contributed by atoms with E-state index in [1.165, 1.54) is 18.7 Å². The van der Waals surface area contributed by atoms with Gasteiger partial charge in [-0.2, -0.15) is 0 Å². The Labute approximate surface area is 174 Å². The Hall–Kier alpha value is -3.19. The van der Waals surface area contributed by atoms with E-state index in [1.807, 2.05) is 41.8 Å². The van der Waals surface area contributed by atoms with Gasteiger partial charge in [-0.1, -0.05) is 60.3 Å². The lowest BCUT2D eigenvalue weighted by Crippen LogP contribution is -2.23. The van der Waals surface area contributed by atoms with Crippen molar-refractivity contribution < 1.29 is 9.59 Å². The van der Waals surface area contributed by atoms with Gasteiger partial charge in [0.15, 0.2) is 16.8 Å². The molecule has 0 radical (unpaired) electrons. The molecular weight excluding hydrogens is 384 g/mol. The van der Waals surface area contributed by atoms with Crippen molar-refractivity contribution in [3.05, 3.63) is 72.8 Å². The molecule has 0 bridgehead atoms. The number of rotatable bonds is 8. The zero-order valence-corrected chi connectivity index (χ0v) is 17.1. The maximum atomic E-state index is 12.6. The number of carbonyl (C=O) groups is 2. The molecule has 29 heavy (non-hydrogen) atoms. The van der Waals surface area contributed by atoms with E-state index >= 15 is 0 Å². The summed E-state index contributed by atoms with van der Waals surface area (Å²) < 4.78 is 1.94. The molecule has 1 aromatic heterocycles. The number of hydrogen-bond donors (Lipinski definition) is 1. The topological polar surface area (TPSA) is 76.9 Å². The van der Waals surface area contributed by atoms with Crippen LogP contribution in [0.4, 0.5) is 5.69 Å². The maximum absolute atomic E-state index is 12.6. The average Bonchev–Trinajstić information content (AvgIpc) is 3.11. The third kappa shape index (κ3) is 5.00. The first-order chi connectivity index (χ1) is 14.0. The van der Waals surface area contributed by atoms with Crippen LogP contribution in [0.15, 0.2) is 72.4 Å². The SMILES string of the molecule is C=CCn1c(S[C@H](C)C(=O)Nc2cccc(C(C)=O)c2)nnc1-c1ccccc1. The third-order valence-corrected chi connectivity index (χ3v) is 5.33. The second-order valence-corrected chi connectivity index (χ2v) is 7.77. The molecule has 1 heterocycles. The lowest BCUT2D eigenvalue weighted by Gasteiger charge is -2.13. The number of aromatic nitrogens is 3. The van der Waals surface area contributed by atoms with Gasteiger partial charge in [0, 0.05) is 23.4 Å². The van der Waals surface area contributed by atoms with Crippen LogP contribution in [0.3, 0.4) is 0 Å². The molecule has 1 amide bonds. The number of anilines is 1. The van der Waals surface area contributed by atoms with Crippen LogP contribution in [0.25, 0.3) is 11.4 Å². The molecule has 0 spiro atoms. The second kappa shape index (κ2) is 9.34. The van der Waals surface area contributed by atoms with Gasteiger partial charge in [-0.05, 0) is 26.0 Å². The number of nitrogens with one attached hydrogen (secondary N) is 1. The van der Waals surface area contributed by atoms with Crippen molar-refractivity contribution in [3.63, 3.8) is 0 Å². The van der Waals surface area contributed by atoms with Crippen LogP contribution < -0.4 is 5.32 Å². The highest BCUT2D eigenvalue weighted by Crippen LogP contribution is 2.27. The fourth-order valence-corrected chi connectivity index (χ4v) is 3.60. The number of amides is 1. The lowest BCUT2D eigenvalue weighted by molar-refractivity contribution is -0.115. The van der Waals surface area contributed by atoms with Crippen LogP contribution in [0.5, 0.6) is 0 Å². The Morgan fingerprint density at radius 2 is 1.93 bits per heavy atom. The number of carbonyl (C=O) groups excluding carboxylic acids is 2. The predicted molar refractivity (Wildman–Crippen MR) is 116 cm³/mol. The number of hydrogen-bond acceptors (Lipinski definition) is 5. The molecule has 0 aliphatic rings. The highest BCUT2D eigenvalue weighted by molar-refractivity contribution is 8.00. The van der Waals surface area contributed by atoms with Gasteiger partial charge in [-0.3, -0.25) is 14.2 Å². The Morgan fingerprint density at radius 1 is 1.17 bits per heavy atom. The number of Topliss-reactive ketones (excluding diaryl/α,β-unsaturated/α-hetero) is 1. The number of ketones is 1. The summed E-state index contributed by atoms with van der Waals surface area (Å²) >= 11 is 1.33. The van der Waals surface area contributed by atoms with E-state index in [-0.39, 0.29) is 11.7 Å². The molecule has 0 unspecified atom stereocenters. The molecule has 148 valence electrons. The van der Waals surface area contributed by atoms with Gasteiger partial charge in [0.2, 0.25) is 5.91 Å². The minimum absolute atomic E-state index is 0.0468. The van der Waals surface area contributed by atoms with Crippen LogP contribution in [-0.4, -0.2) is 31.7 Å². The molecule has 6 nitrogen and oxygen atoms in total. The van der Waals surface area contributed by atoms with Crippen LogP contribution in [0, 0.1) is 0 Å². The fraction of sp³-hybridized carbons (Fsp3) is 0.182. The van der Waals surface area contributed by atoms with E-state index in [1.54, 1.807) is 30.3 Å². The molecule has 0 aliphatic heterocycles. The van der Waals surface area contributed by atoms with Crippen molar-refractivity contribution >= 4 is 29.1 Å². The van der Waals surface area contributed by atoms with E-state index in [0.29, 0.717) is 23.0 Å². The fourth-order valence-electron chi connectivity index (χ4n) is 2.74. The number of allylic oxidation sites excluding steroid dienone is 1. The van der Waals surface area contributed by atoms with E-state index in [9.17, 15) is 9.59 Å². The molecule has 3 rings (SSSR count). The molecule has 0 aliphatic carbocycles. The Balaban J connectivity index is 1.76. The molecule has 1 atom stereocenters. The molecular formula is C22H22N4O2S. The van der Waals surface area contributed by atoms with Gasteiger partial charge in [0.05, 0.1) is 5.25 Å². The van der Waals surface area contributed by atoms with Crippen molar-refractivity contribution in [1.29, 1.82) is 0 Å². The van der Waals surface area contributed by atoms with Crippen LogP contribution >= 0.6 is 11.8 Å². The molecule has 0 saturated heterocycles. The van der Waals surface area contributed by atoms with Gasteiger partial charge in [-0.15, -0.1) is 16.8 Å². The minimum Gasteiger partial charge on any atom is -0.325 e. The molecule has 3 aromatic rings. The Morgan fingerprint density at radius 3 is 2.62 bits per heavy atom. The summed E-state index contributed by atoms with van der Waals surface area (Å²) in [6.07, 6.45) is 1.78. The minimum atomic E-state index is -0.410. The summed E-state index contributed by atoms with van der Waals surface area (Å²) in [5.74, 6) is 0.509. The molecule has 0 fully saturated rings. The van der Waals surface area contributed by atoms with Gasteiger partial charge in [0.25, 0.3) is 0 Å². The van der Waals surface area contributed by atoms with Crippen molar-refractivity contribution in [1.82, 2.24) is 14.8 Å². The third-order valence-electron chi connectivity index (χ3n) is 4.25. The smallest absolute Gasteiger partial charge is 0.237 e. The van der Waals surface area contributed by atoms with Crippen molar-refractivity contribution in [3.8, 4) is 11.4 Å². The molecule has 7 heteroatoms. The first-order valence-corrected chi connectivity index (χ1v) is 10.1. The normalized spacial score (nSPS) is 11.7. The number of nitrogens with zero attached hydrogens (tertiary/aromatic N) is 3. The van der Waals surface area contributed by atoms with E-state index < -0.39 is 5.25 Å². The van der Waals surface area contributed by atoms with Gasteiger partial charge < -0.3 is 5.32 Å². The van der Waals surface area contributed by atoms with Gasteiger partial charge in [-0.25, -0.2) is 0 Å². The highest BCUT2D eigenvalue weighted by Gasteiger charge is 2.20. The van der Waals surface area contributed by atoms with E-state index in [0.717, 1.165) is 11.4 Å². The van der Waals surface area contributed by atoms with Gasteiger partial charge in [0.1, 0.15) is 0 Å². The lowest BCUT2D eigenvalue weighted by atomic mass is 10.1. The monoisotopic (exact) mass is 406 g/mol. The average molecular weight is 407 g/mol. The summed E-state index contributed by atoms with van der Waals surface area (Å²) in [6, 6.07) is 16.7. The zero-order valence-electron chi connectivity index (χ0n) is 16.3. The van der Waals surface area contributed by atoms with E-state index in [4.69, 9.17) is 0 Å². The predicted octanol–water partition coefficient (Wildman–Crippen LogP) is 4.45. The Bertz CT molecular complexity index is 1030. The first kappa shape index (κ1) is 20.5. The molecule has 1 N–H and O–H groups in total. The largest absolute Gasteiger partial charge is 0.325 e. The molecule has 2 aromatic carbocycles. The Kier molecular flexibility index (Phi) is 6.61. The van der Waals surface area contributed by atoms with Crippen LogP contribution in [0.2, 0.25) is 0 Å². The summed E-state index contributed by atoms with van der Waals surface area (Å²) in [5, 5.41) is 11.7. The summed E-state index contributed by atoms with van der Waals surface area (Å²) in [4.78, 5) is 24.2. The van der Waals surface area contributed by atoms with Crippen molar-refractivity contribution in [2.45, 2.75) is 30.8 Å². The van der Waals surface area contributed by atoms with Gasteiger partial charge >= 0.3 is 0 Å². The quantitative estimate of drug-likeness (QED) is 0.340. The molecule has 0 saturated carbocycles. The van der Waals surface area contributed by atoms with E-state index in [2.05, 4.69) is 22.1 Å². The first-order valence-electron chi connectivity index (χ1n) is 9.17. The van der Waals surface area contributed by atoms with Crippen molar-refractivity contribution in [2.24, 2.45) is 0 Å². The standard InChI is InChI=1S/C22H22N4O2S/c1-4-13-26-20(17-9-6-5-7-10-17)24-25-22(26)29-16(3)21(28)23-19-12-8-11-18(14-19)15(2)27/h4-12,14,16H,1,13H2,2-3H3,(H,23,28)/t16-/m1/s1.